The lowest BCUT2D eigenvalue weighted by Gasteiger charge is -2.13. The number of hydrogen-bond donors (Lipinski definition) is 2. The minimum Gasteiger partial charge on any atom is -0.326 e. The highest BCUT2D eigenvalue weighted by molar-refractivity contribution is 6.05. The maximum absolute atomic E-state index is 12.9. The molecule has 7 nitrogen and oxygen atoms in total. The maximum atomic E-state index is 12.9. The van der Waals surface area contributed by atoms with Crippen molar-refractivity contribution < 1.29 is 9.59 Å². The van der Waals surface area contributed by atoms with Gasteiger partial charge >= 0.3 is 0 Å². The van der Waals surface area contributed by atoms with E-state index < -0.39 is 0 Å². The average molecular weight is 377 g/mol. The molecule has 0 atom stereocenters. The predicted molar refractivity (Wildman–Crippen MR) is 109 cm³/mol. The summed E-state index contributed by atoms with van der Waals surface area (Å²) in [5.74, 6) is 0.371. The van der Waals surface area contributed by atoms with Crippen LogP contribution in [0.5, 0.6) is 0 Å². The van der Waals surface area contributed by atoms with Gasteiger partial charge in [0.1, 0.15) is 0 Å². The highest BCUT2D eigenvalue weighted by Gasteiger charge is 2.21. The van der Waals surface area contributed by atoms with Crippen molar-refractivity contribution in [2.45, 2.75) is 33.6 Å². The van der Waals surface area contributed by atoms with Gasteiger partial charge in [0.05, 0.1) is 17.5 Å². The summed E-state index contributed by atoms with van der Waals surface area (Å²) in [6, 6.07) is 10.9. The Morgan fingerprint density at radius 2 is 1.89 bits per heavy atom. The molecule has 0 fully saturated rings. The molecule has 0 aliphatic rings. The number of hydrogen-bond acceptors (Lipinski definition) is 4. The van der Waals surface area contributed by atoms with Gasteiger partial charge < -0.3 is 10.6 Å². The molecule has 0 saturated heterocycles. The van der Waals surface area contributed by atoms with Gasteiger partial charge in [0.15, 0.2) is 5.82 Å². The Bertz CT molecular complexity index is 1010. The van der Waals surface area contributed by atoms with Gasteiger partial charge in [-0.2, -0.15) is 5.10 Å². The SMILES string of the molecule is CC(=O)Nc1ccc(NC(=O)c2cnn(-c3ccccn3)c2C(C)C)cc1C. The third-order valence-corrected chi connectivity index (χ3v) is 4.26. The summed E-state index contributed by atoms with van der Waals surface area (Å²) in [5, 5.41) is 10.1. The lowest BCUT2D eigenvalue weighted by Crippen LogP contribution is -2.16. The average Bonchev–Trinajstić information content (AvgIpc) is 3.10. The maximum Gasteiger partial charge on any atom is 0.259 e. The van der Waals surface area contributed by atoms with Crippen LogP contribution in [0.3, 0.4) is 0 Å². The highest BCUT2D eigenvalue weighted by Crippen LogP contribution is 2.24. The number of aromatic nitrogens is 3. The van der Waals surface area contributed by atoms with E-state index in [-0.39, 0.29) is 17.7 Å². The predicted octanol–water partition coefficient (Wildman–Crippen LogP) is 3.91. The molecule has 144 valence electrons. The van der Waals surface area contributed by atoms with Crippen LogP contribution < -0.4 is 10.6 Å². The summed E-state index contributed by atoms with van der Waals surface area (Å²) in [7, 11) is 0. The van der Waals surface area contributed by atoms with Gasteiger partial charge in [-0.25, -0.2) is 9.67 Å². The van der Waals surface area contributed by atoms with Crippen LogP contribution in [0.25, 0.3) is 5.82 Å². The van der Waals surface area contributed by atoms with E-state index in [0.717, 1.165) is 16.9 Å². The van der Waals surface area contributed by atoms with Crippen LogP contribution in [0.4, 0.5) is 11.4 Å². The van der Waals surface area contributed by atoms with Crippen molar-refractivity contribution in [3.05, 3.63) is 65.6 Å². The monoisotopic (exact) mass is 377 g/mol. The molecule has 0 aliphatic carbocycles. The van der Waals surface area contributed by atoms with E-state index in [2.05, 4.69) is 20.7 Å². The third-order valence-electron chi connectivity index (χ3n) is 4.26. The largest absolute Gasteiger partial charge is 0.326 e. The van der Waals surface area contributed by atoms with Crippen molar-refractivity contribution in [3.63, 3.8) is 0 Å². The summed E-state index contributed by atoms with van der Waals surface area (Å²) < 4.78 is 1.70. The van der Waals surface area contributed by atoms with Crippen molar-refractivity contribution in [2.75, 3.05) is 10.6 Å². The number of aryl methyl sites for hydroxylation is 1. The van der Waals surface area contributed by atoms with Crippen molar-refractivity contribution in [1.82, 2.24) is 14.8 Å². The summed E-state index contributed by atoms with van der Waals surface area (Å²) in [4.78, 5) is 28.5. The molecule has 3 rings (SSSR count). The molecule has 0 unspecified atom stereocenters. The summed E-state index contributed by atoms with van der Waals surface area (Å²) in [6.07, 6.45) is 3.26. The first kappa shape index (κ1) is 19.3. The molecule has 0 aliphatic heterocycles. The first-order valence-corrected chi connectivity index (χ1v) is 9.05. The van der Waals surface area contributed by atoms with Crippen molar-refractivity contribution in [2.24, 2.45) is 0 Å². The normalized spacial score (nSPS) is 10.8. The number of pyridine rings is 1. The molecule has 0 radical (unpaired) electrons. The molecule has 3 aromatic rings. The number of carbonyl (C=O) groups is 2. The summed E-state index contributed by atoms with van der Waals surface area (Å²) in [6.45, 7) is 7.36. The van der Waals surface area contributed by atoms with E-state index in [9.17, 15) is 9.59 Å². The fraction of sp³-hybridized carbons (Fsp3) is 0.238. The number of nitrogens with one attached hydrogen (secondary N) is 2. The van der Waals surface area contributed by atoms with Gasteiger partial charge in [-0.15, -0.1) is 0 Å². The van der Waals surface area contributed by atoms with Crippen LogP contribution >= 0.6 is 0 Å². The molecule has 1 aromatic carbocycles. The van der Waals surface area contributed by atoms with Crippen molar-refractivity contribution in [1.29, 1.82) is 0 Å². The topological polar surface area (TPSA) is 88.9 Å². The number of amides is 2. The highest BCUT2D eigenvalue weighted by atomic mass is 16.2. The van der Waals surface area contributed by atoms with Gasteiger partial charge in [0, 0.05) is 24.5 Å². The Kier molecular flexibility index (Phi) is 5.54. The molecule has 2 N–H and O–H groups in total. The van der Waals surface area contributed by atoms with Gasteiger partial charge in [0.25, 0.3) is 5.91 Å². The molecular formula is C21H23N5O2. The van der Waals surface area contributed by atoms with Crippen LogP contribution in [-0.4, -0.2) is 26.6 Å². The number of carbonyl (C=O) groups excluding carboxylic acids is 2. The molecule has 0 bridgehead atoms. The van der Waals surface area contributed by atoms with E-state index in [0.29, 0.717) is 17.1 Å². The zero-order valence-electron chi connectivity index (χ0n) is 16.4. The molecule has 0 spiro atoms. The number of anilines is 2. The van der Waals surface area contributed by atoms with E-state index >= 15 is 0 Å². The van der Waals surface area contributed by atoms with Gasteiger partial charge in [-0.3, -0.25) is 9.59 Å². The Morgan fingerprint density at radius 3 is 2.50 bits per heavy atom. The van der Waals surface area contributed by atoms with Crippen molar-refractivity contribution >= 4 is 23.2 Å². The van der Waals surface area contributed by atoms with Gasteiger partial charge in [-0.1, -0.05) is 19.9 Å². The van der Waals surface area contributed by atoms with Crippen LogP contribution in [0.2, 0.25) is 0 Å². The van der Waals surface area contributed by atoms with Gasteiger partial charge in [0.2, 0.25) is 5.91 Å². The fourth-order valence-electron chi connectivity index (χ4n) is 3.02. The molecule has 28 heavy (non-hydrogen) atoms. The Hall–Kier alpha value is -3.48. The quantitative estimate of drug-likeness (QED) is 0.705. The number of benzene rings is 1. The Labute approximate surface area is 163 Å². The first-order chi connectivity index (χ1) is 13.4. The summed E-state index contributed by atoms with van der Waals surface area (Å²) >= 11 is 0. The van der Waals surface area contributed by atoms with Crippen LogP contribution in [0, 0.1) is 6.92 Å². The Morgan fingerprint density at radius 1 is 1.11 bits per heavy atom. The lowest BCUT2D eigenvalue weighted by atomic mass is 10.0. The fourth-order valence-corrected chi connectivity index (χ4v) is 3.02. The number of nitrogens with zero attached hydrogens (tertiary/aromatic N) is 3. The second kappa shape index (κ2) is 8.04. The molecule has 2 aromatic heterocycles. The minimum absolute atomic E-state index is 0.0779. The third kappa shape index (κ3) is 4.09. The van der Waals surface area contributed by atoms with Crippen molar-refractivity contribution in [3.8, 4) is 5.82 Å². The second-order valence-electron chi connectivity index (χ2n) is 6.86. The minimum atomic E-state index is -0.238. The van der Waals surface area contributed by atoms with Crippen LogP contribution in [0.15, 0.2) is 48.8 Å². The molecule has 0 saturated carbocycles. The van der Waals surface area contributed by atoms with Crippen LogP contribution in [0.1, 0.15) is 48.3 Å². The molecular weight excluding hydrogens is 354 g/mol. The molecule has 2 amide bonds. The standard InChI is InChI=1S/C21H23N5O2/c1-13(2)20-17(12-23-26(20)19-7-5-6-10-22-19)21(28)25-16-8-9-18(14(3)11-16)24-15(4)27/h5-13H,1-4H3,(H,24,27)(H,25,28). The van der Waals surface area contributed by atoms with Crippen LogP contribution in [-0.2, 0) is 4.79 Å². The van der Waals surface area contributed by atoms with E-state index in [1.807, 2.05) is 45.0 Å². The summed E-state index contributed by atoms with van der Waals surface area (Å²) in [5.41, 5.74) is 3.53. The Balaban J connectivity index is 1.88. The first-order valence-electron chi connectivity index (χ1n) is 9.05. The zero-order chi connectivity index (χ0) is 20.3. The molecule has 7 heteroatoms. The second-order valence-corrected chi connectivity index (χ2v) is 6.86. The van der Waals surface area contributed by atoms with E-state index in [1.54, 1.807) is 29.2 Å². The van der Waals surface area contributed by atoms with Gasteiger partial charge in [-0.05, 0) is 48.7 Å². The smallest absolute Gasteiger partial charge is 0.259 e. The zero-order valence-corrected chi connectivity index (χ0v) is 16.4. The number of rotatable bonds is 5. The lowest BCUT2D eigenvalue weighted by molar-refractivity contribution is -0.114. The van der Waals surface area contributed by atoms with E-state index in [1.165, 1.54) is 6.92 Å². The van der Waals surface area contributed by atoms with E-state index in [4.69, 9.17) is 0 Å². The molecule has 2 heterocycles.